The quantitative estimate of drug-likeness (QED) is 0.644. The molecule has 102 valence electrons. The predicted octanol–water partition coefficient (Wildman–Crippen LogP) is 2.89. The SMILES string of the molecule is CC1CCCC1Nc1ccc(C(=O)O)c([N+](=O)[O-])c1. The van der Waals surface area contributed by atoms with Gasteiger partial charge in [-0.15, -0.1) is 0 Å². The molecule has 0 bridgehead atoms. The number of benzene rings is 1. The molecule has 19 heavy (non-hydrogen) atoms. The third kappa shape index (κ3) is 2.83. The average molecular weight is 264 g/mol. The van der Waals surface area contributed by atoms with Crippen LogP contribution < -0.4 is 5.32 Å². The van der Waals surface area contributed by atoms with Gasteiger partial charge in [0, 0.05) is 17.8 Å². The molecule has 2 N–H and O–H groups in total. The topological polar surface area (TPSA) is 92.5 Å². The lowest BCUT2D eigenvalue weighted by Crippen LogP contribution is -2.21. The van der Waals surface area contributed by atoms with Crippen LogP contribution in [-0.4, -0.2) is 22.0 Å². The molecule has 6 heteroatoms. The summed E-state index contributed by atoms with van der Waals surface area (Å²) < 4.78 is 0. The Hall–Kier alpha value is -2.11. The van der Waals surface area contributed by atoms with Crippen molar-refractivity contribution in [2.75, 3.05) is 5.32 Å². The number of anilines is 1. The van der Waals surface area contributed by atoms with Gasteiger partial charge >= 0.3 is 5.97 Å². The zero-order chi connectivity index (χ0) is 14.0. The fraction of sp³-hybridized carbons (Fsp3) is 0.462. The number of carboxylic acids is 1. The lowest BCUT2D eigenvalue weighted by atomic mass is 10.1. The van der Waals surface area contributed by atoms with Gasteiger partial charge in [-0.25, -0.2) is 4.79 Å². The first-order valence-corrected chi connectivity index (χ1v) is 6.27. The summed E-state index contributed by atoms with van der Waals surface area (Å²) in [6, 6.07) is 4.47. The molecule has 2 rings (SSSR count). The van der Waals surface area contributed by atoms with E-state index in [0.717, 1.165) is 19.3 Å². The second kappa shape index (κ2) is 5.26. The largest absolute Gasteiger partial charge is 0.477 e. The van der Waals surface area contributed by atoms with Crippen molar-refractivity contribution in [3.63, 3.8) is 0 Å². The molecule has 0 aromatic heterocycles. The van der Waals surface area contributed by atoms with Gasteiger partial charge in [0.1, 0.15) is 5.56 Å². The van der Waals surface area contributed by atoms with E-state index < -0.39 is 10.9 Å². The van der Waals surface area contributed by atoms with E-state index in [1.807, 2.05) is 0 Å². The summed E-state index contributed by atoms with van der Waals surface area (Å²) in [5, 5.41) is 23.1. The van der Waals surface area contributed by atoms with Crippen molar-refractivity contribution in [3.8, 4) is 0 Å². The summed E-state index contributed by atoms with van der Waals surface area (Å²) in [5.74, 6) is -0.759. The van der Waals surface area contributed by atoms with E-state index in [4.69, 9.17) is 5.11 Å². The number of rotatable bonds is 4. The van der Waals surface area contributed by atoms with Crippen molar-refractivity contribution < 1.29 is 14.8 Å². The fourth-order valence-electron chi connectivity index (χ4n) is 2.53. The second-order valence-electron chi connectivity index (χ2n) is 4.95. The molecule has 0 amide bonds. The summed E-state index contributed by atoms with van der Waals surface area (Å²) in [4.78, 5) is 21.1. The number of carboxylic acid groups (broad SMARTS) is 1. The van der Waals surface area contributed by atoms with Gasteiger partial charge in [-0.05, 0) is 30.9 Å². The van der Waals surface area contributed by atoms with Crippen molar-refractivity contribution in [1.29, 1.82) is 0 Å². The van der Waals surface area contributed by atoms with E-state index in [1.54, 1.807) is 6.07 Å². The maximum atomic E-state index is 10.9. The first-order chi connectivity index (χ1) is 8.99. The van der Waals surface area contributed by atoms with Gasteiger partial charge in [-0.2, -0.15) is 0 Å². The van der Waals surface area contributed by atoms with Gasteiger partial charge in [0.15, 0.2) is 0 Å². The molecule has 6 nitrogen and oxygen atoms in total. The van der Waals surface area contributed by atoms with Crippen molar-refractivity contribution in [3.05, 3.63) is 33.9 Å². The Bertz CT molecular complexity index is 515. The van der Waals surface area contributed by atoms with E-state index in [0.29, 0.717) is 17.6 Å². The lowest BCUT2D eigenvalue weighted by Gasteiger charge is -2.18. The molecule has 2 atom stereocenters. The normalized spacial score (nSPS) is 22.2. The molecule has 0 saturated heterocycles. The molecule has 0 spiro atoms. The van der Waals surface area contributed by atoms with Crippen LogP contribution in [0.25, 0.3) is 0 Å². The monoisotopic (exact) mass is 264 g/mol. The Morgan fingerprint density at radius 2 is 2.21 bits per heavy atom. The summed E-state index contributed by atoms with van der Waals surface area (Å²) in [6.45, 7) is 2.14. The number of aromatic carboxylic acids is 1. The Kier molecular flexibility index (Phi) is 3.69. The summed E-state index contributed by atoms with van der Waals surface area (Å²) in [5.41, 5.74) is -0.0476. The molecule has 1 fully saturated rings. The molecule has 0 heterocycles. The van der Waals surface area contributed by atoms with E-state index in [9.17, 15) is 14.9 Å². The minimum atomic E-state index is -1.28. The van der Waals surface area contributed by atoms with Crippen molar-refractivity contribution in [2.24, 2.45) is 5.92 Å². The second-order valence-corrected chi connectivity index (χ2v) is 4.95. The molecular weight excluding hydrogens is 248 g/mol. The van der Waals surface area contributed by atoms with E-state index in [1.165, 1.54) is 12.1 Å². The molecule has 0 radical (unpaired) electrons. The van der Waals surface area contributed by atoms with Crippen LogP contribution in [0.1, 0.15) is 36.5 Å². The highest BCUT2D eigenvalue weighted by Crippen LogP contribution is 2.30. The highest BCUT2D eigenvalue weighted by molar-refractivity contribution is 5.93. The standard InChI is InChI=1S/C13H16N2O4/c1-8-3-2-4-11(8)14-9-5-6-10(13(16)17)12(7-9)15(18)19/h5-8,11,14H,2-4H2,1H3,(H,16,17). The molecule has 0 aliphatic heterocycles. The highest BCUT2D eigenvalue weighted by Gasteiger charge is 2.25. The third-order valence-electron chi connectivity index (χ3n) is 3.64. The zero-order valence-corrected chi connectivity index (χ0v) is 10.6. The van der Waals surface area contributed by atoms with Crippen LogP contribution in [0.15, 0.2) is 18.2 Å². The number of carbonyl (C=O) groups is 1. The zero-order valence-electron chi connectivity index (χ0n) is 10.6. The first-order valence-electron chi connectivity index (χ1n) is 6.27. The maximum absolute atomic E-state index is 10.9. The van der Waals surface area contributed by atoms with E-state index in [-0.39, 0.29) is 11.3 Å². The summed E-state index contributed by atoms with van der Waals surface area (Å²) in [6.07, 6.45) is 3.33. The Morgan fingerprint density at radius 3 is 2.74 bits per heavy atom. The minimum Gasteiger partial charge on any atom is -0.477 e. The average Bonchev–Trinajstić information content (AvgIpc) is 2.74. The predicted molar refractivity (Wildman–Crippen MR) is 70.5 cm³/mol. The molecule has 1 aromatic rings. The highest BCUT2D eigenvalue weighted by atomic mass is 16.6. The number of hydrogen-bond donors (Lipinski definition) is 2. The number of nitrogens with zero attached hydrogens (tertiary/aromatic N) is 1. The Morgan fingerprint density at radius 1 is 1.47 bits per heavy atom. The van der Waals surface area contributed by atoms with Crippen LogP contribution in [0, 0.1) is 16.0 Å². The van der Waals surface area contributed by atoms with Gasteiger partial charge in [0.25, 0.3) is 5.69 Å². The summed E-state index contributed by atoms with van der Waals surface area (Å²) in [7, 11) is 0. The summed E-state index contributed by atoms with van der Waals surface area (Å²) >= 11 is 0. The van der Waals surface area contributed by atoms with E-state index in [2.05, 4.69) is 12.2 Å². The number of nitrogens with one attached hydrogen (secondary N) is 1. The van der Waals surface area contributed by atoms with Crippen molar-refractivity contribution >= 4 is 17.3 Å². The molecule has 1 aliphatic rings. The fourth-order valence-corrected chi connectivity index (χ4v) is 2.53. The molecule has 1 saturated carbocycles. The first kappa shape index (κ1) is 13.3. The maximum Gasteiger partial charge on any atom is 0.342 e. The lowest BCUT2D eigenvalue weighted by molar-refractivity contribution is -0.385. The van der Waals surface area contributed by atoms with Crippen molar-refractivity contribution in [1.82, 2.24) is 0 Å². The van der Waals surface area contributed by atoms with E-state index >= 15 is 0 Å². The van der Waals surface area contributed by atoms with Crippen LogP contribution in [0.2, 0.25) is 0 Å². The number of nitro groups is 1. The molecule has 2 unspecified atom stereocenters. The van der Waals surface area contributed by atoms with Crippen LogP contribution in [0.4, 0.5) is 11.4 Å². The van der Waals surface area contributed by atoms with Gasteiger partial charge < -0.3 is 10.4 Å². The Balaban J connectivity index is 2.25. The van der Waals surface area contributed by atoms with Crippen molar-refractivity contribution in [2.45, 2.75) is 32.2 Å². The number of hydrogen-bond acceptors (Lipinski definition) is 4. The molecular formula is C13H16N2O4. The molecule has 1 aromatic carbocycles. The minimum absolute atomic E-state index is 0.282. The molecule has 1 aliphatic carbocycles. The third-order valence-corrected chi connectivity index (χ3v) is 3.64. The number of nitro benzene ring substituents is 1. The van der Waals surface area contributed by atoms with Crippen LogP contribution in [-0.2, 0) is 0 Å². The van der Waals surface area contributed by atoms with Crippen LogP contribution in [0.3, 0.4) is 0 Å². The Labute approximate surface area is 110 Å². The van der Waals surface area contributed by atoms with Gasteiger partial charge in [-0.3, -0.25) is 10.1 Å². The van der Waals surface area contributed by atoms with Crippen LogP contribution >= 0.6 is 0 Å². The van der Waals surface area contributed by atoms with Gasteiger partial charge in [-0.1, -0.05) is 13.3 Å². The van der Waals surface area contributed by atoms with Crippen LogP contribution in [0.5, 0.6) is 0 Å². The smallest absolute Gasteiger partial charge is 0.342 e. The van der Waals surface area contributed by atoms with Gasteiger partial charge in [0.05, 0.1) is 4.92 Å². The van der Waals surface area contributed by atoms with Gasteiger partial charge in [0.2, 0.25) is 0 Å².